The van der Waals surface area contributed by atoms with Crippen molar-refractivity contribution in [1.82, 2.24) is 5.32 Å². The molecule has 1 heterocycles. The van der Waals surface area contributed by atoms with Crippen LogP contribution in [0.15, 0.2) is 65.1 Å². The van der Waals surface area contributed by atoms with Crippen LogP contribution in [0.1, 0.15) is 58.8 Å². The number of furan rings is 1. The van der Waals surface area contributed by atoms with Crippen molar-refractivity contribution >= 4 is 11.9 Å². The van der Waals surface area contributed by atoms with Crippen LogP contribution in [-0.4, -0.2) is 18.5 Å². The third kappa shape index (κ3) is 5.58. The van der Waals surface area contributed by atoms with Gasteiger partial charge in [-0.05, 0) is 73.6 Å². The predicted octanol–water partition coefficient (Wildman–Crippen LogP) is 4.77. The number of para-hydroxylation sites is 1. The minimum absolute atomic E-state index is 0.0344. The van der Waals surface area contributed by atoms with Gasteiger partial charge >= 0.3 is 5.97 Å². The Hall–Kier alpha value is -3.54. The molecule has 32 heavy (non-hydrogen) atoms. The van der Waals surface area contributed by atoms with Crippen molar-refractivity contribution < 1.29 is 23.5 Å². The van der Waals surface area contributed by atoms with E-state index in [2.05, 4.69) is 23.5 Å². The monoisotopic (exact) mass is 433 g/mol. The molecule has 0 aliphatic heterocycles. The lowest BCUT2D eigenvalue weighted by atomic mass is 9.89. The summed E-state index contributed by atoms with van der Waals surface area (Å²) >= 11 is 0. The van der Waals surface area contributed by atoms with E-state index in [4.69, 9.17) is 13.9 Å². The molecule has 0 saturated heterocycles. The number of benzene rings is 2. The molecular formula is C26H27NO5. The molecule has 6 nitrogen and oxygen atoms in total. The van der Waals surface area contributed by atoms with E-state index < -0.39 is 5.97 Å². The lowest BCUT2D eigenvalue weighted by Gasteiger charge is -2.20. The fourth-order valence-corrected chi connectivity index (χ4v) is 3.83. The summed E-state index contributed by atoms with van der Waals surface area (Å²) in [5, 5.41) is 2.89. The van der Waals surface area contributed by atoms with E-state index in [0.717, 1.165) is 18.4 Å². The molecular weight excluding hydrogens is 406 g/mol. The van der Waals surface area contributed by atoms with Crippen LogP contribution in [-0.2, 0) is 29.0 Å². The van der Waals surface area contributed by atoms with Gasteiger partial charge in [-0.3, -0.25) is 4.79 Å². The quantitative estimate of drug-likeness (QED) is 0.518. The summed E-state index contributed by atoms with van der Waals surface area (Å²) in [5.74, 6) is 0.187. The summed E-state index contributed by atoms with van der Waals surface area (Å²) in [6, 6.07) is 18.7. The maximum absolute atomic E-state index is 12.3. The van der Waals surface area contributed by atoms with Gasteiger partial charge < -0.3 is 19.2 Å². The number of hydrogen-bond donors (Lipinski definition) is 1. The molecule has 0 radical (unpaired) electrons. The van der Waals surface area contributed by atoms with Crippen molar-refractivity contribution in [3.63, 3.8) is 0 Å². The topological polar surface area (TPSA) is 77.8 Å². The first kappa shape index (κ1) is 21.7. The first-order chi connectivity index (χ1) is 15.6. The van der Waals surface area contributed by atoms with E-state index in [-0.39, 0.29) is 30.9 Å². The normalized spacial score (nSPS) is 13.7. The lowest BCUT2D eigenvalue weighted by Crippen LogP contribution is -2.31. The summed E-state index contributed by atoms with van der Waals surface area (Å²) < 4.78 is 16.2. The third-order valence-corrected chi connectivity index (χ3v) is 5.57. The molecule has 0 unspecified atom stereocenters. The minimum atomic E-state index is -0.687. The van der Waals surface area contributed by atoms with Gasteiger partial charge in [0.05, 0.1) is 6.04 Å². The van der Waals surface area contributed by atoms with Gasteiger partial charge in [0.2, 0.25) is 5.76 Å². The maximum atomic E-state index is 12.3. The number of aryl methyl sites for hydroxylation is 2. The first-order valence-corrected chi connectivity index (χ1v) is 10.9. The number of rotatable bonds is 8. The van der Waals surface area contributed by atoms with Crippen molar-refractivity contribution in [2.24, 2.45) is 0 Å². The predicted molar refractivity (Wildman–Crippen MR) is 119 cm³/mol. The van der Waals surface area contributed by atoms with Gasteiger partial charge in [-0.1, -0.05) is 36.4 Å². The van der Waals surface area contributed by atoms with E-state index in [1.54, 1.807) is 6.07 Å². The highest BCUT2D eigenvalue weighted by Crippen LogP contribution is 2.24. The van der Waals surface area contributed by atoms with Crippen molar-refractivity contribution in [2.75, 3.05) is 6.61 Å². The van der Waals surface area contributed by atoms with Gasteiger partial charge in [0.25, 0.3) is 5.91 Å². The summed E-state index contributed by atoms with van der Waals surface area (Å²) in [5.41, 5.74) is 3.82. The van der Waals surface area contributed by atoms with Gasteiger partial charge in [0.15, 0.2) is 6.61 Å². The standard InChI is InChI=1S/C26H27NO5/c1-18(20-12-11-19-7-5-6-8-21(19)15-20)27-25(28)17-31-26(29)24-14-13-23(32-24)16-30-22-9-3-2-4-10-22/h2-4,9-15,18H,5-8,16-17H2,1H3,(H,27,28)/t18-/m0/s1. The molecule has 4 rings (SSSR count). The number of nitrogens with one attached hydrogen (secondary N) is 1. The van der Waals surface area contributed by atoms with Crippen molar-refractivity contribution in [1.29, 1.82) is 0 Å². The molecule has 1 aliphatic carbocycles. The number of hydrogen-bond acceptors (Lipinski definition) is 5. The highest BCUT2D eigenvalue weighted by Gasteiger charge is 2.17. The average Bonchev–Trinajstić information content (AvgIpc) is 3.31. The molecule has 1 aliphatic rings. The molecule has 0 fully saturated rings. The van der Waals surface area contributed by atoms with Gasteiger partial charge in [-0.2, -0.15) is 0 Å². The Morgan fingerprint density at radius 2 is 1.78 bits per heavy atom. The summed E-state index contributed by atoms with van der Waals surface area (Å²) in [6.45, 7) is 1.75. The second-order valence-corrected chi connectivity index (χ2v) is 7.97. The molecule has 1 amide bonds. The van der Waals surface area contributed by atoms with E-state index in [9.17, 15) is 9.59 Å². The second kappa shape index (κ2) is 10.2. The fraction of sp³-hybridized carbons (Fsp3) is 0.308. The Bertz CT molecular complexity index is 1070. The molecule has 1 aromatic heterocycles. The van der Waals surface area contributed by atoms with E-state index in [0.29, 0.717) is 11.5 Å². The first-order valence-electron chi connectivity index (χ1n) is 10.9. The Morgan fingerprint density at radius 1 is 1.00 bits per heavy atom. The molecule has 0 spiro atoms. The van der Waals surface area contributed by atoms with Gasteiger partial charge in [-0.15, -0.1) is 0 Å². The van der Waals surface area contributed by atoms with Crippen molar-refractivity contribution in [3.8, 4) is 5.75 Å². The number of fused-ring (bicyclic) bond motifs is 1. The van der Waals surface area contributed by atoms with Crippen LogP contribution < -0.4 is 10.1 Å². The average molecular weight is 434 g/mol. The molecule has 1 N–H and O–H groups in total. The molecule has 0 bridgehead atoms. The van der Waals surface area contributed by atoms with Gasteiger partial charge in [0.1, 0.15) is 18.1 Å². The second-order valence-electron chi connectivity index (χ2n) is 7.97. The van der Waals surface area contributed by atoms with Gasteiger partial charge in [-0.25, -0.2) is 4.79 Å². The Labute approximate surface area is 187 Å². The smallest absolute Gasteiger partial charge is 0.374 e. The van der Waals surface area contributed by atoms with Crippen LogP contribution in [0.5, 0.6) is 5.75 Å². The maximum Gasteiger partial charge on any atom is 0.374 e. The highest BCUT2D eigenvalue weighted by atomic mass is 16.6. The minimum Gasteiger partial charge on any atom is -0.486 e. The van der Waals surface area contributed by atoms with Crippen LogP contribution in [0, 0.1) is 0 Å². The number of carbonyl (C=O) groups excluding carboxylic acids is 2. The molecule has 2 aromatic carbocycles. The Morgan fingerprint density at radius 3 is 2.59 bits per heavy atom. The molecule has 6 heteroatoms. The number of carbonyl (C=O) groups is 2. The van der Waals surface area contributed by atoms with Crippen molar-refractivity contribution in [3.05, 3.63) is 88.9 Å². The number of esters is 1. The van der Waals surface area contributed by atoms with Crippen molar-refractivity contribution in [2.45, 2.75) is 45.3 Å². The third-order valence-electron chi connectivity index (χ3n) is 5.57. The number of ether oxygens (including phenoxy) is 2. The van der Waals surface area contributed by atoms with Crippen LogP contribution >= 0.6 is 0 Å². The van der Waals surface area contributed by atoms with E-state index >= 15 is 0 Å². The summed E-state index contributed by atoms with van der Waals surface area (Å²) in [6.07, 6.45) is 4.66. The summed E-state index contributed by atoms with van der Waals surface area (Å²) in [7, 11) is 0. The molecule has 3 aromatic rings. The van der Waals surface area contributed by atoms with Crippen LogP contribution in [0.2, 0.25) is 0 Å². The molecule has 1 atom stereocenters. The van der Waals surface area contributed by atoms with Crippen LogP contribution in [0.3, 0.4) is 0 Å². The van der Waals surface area contributed by atoms with E-state index in [1.807, 2.05) is 37.3 Å². The highest BCUT2D eigenvalue weighted by molar-refractivity contribution is 5.88. The zero-order chi connectivity index (χ0) is 22.3. The van der Waals surface area contributed by atoms with Gasteiger partial charge in [0, 0.05) is 0 Å². The van der Waals surface area contributed by atoms with Crippen LogP contribution in [0.25, 0.3) is 0 Å². The Balaban J connectivity index is 1.24. The Kier molecular flexibility index (Phi) is 6.90. The largest absolute Gasteiger partial charge is 0.486 e. The number of amides is 1. The SMILES string of the molecule is C[C@H](NC(=O)COC(=O)c1ccc(COc2ccccc2)o1)c1ccc2c(c1)CCCC2. The molecule has 166 valence electrons. The molecule has 0 saturated carbocycles. The van der Waals surface area contributed by atoms with E-state index in [1.165, 1.54) is 30.0 Å². The van der Waals surface area contributed by atoms with Crippen LogP contribution in [0.4, 0.5) is 0 Å². The zero-order valence-electron chi connectivity index (χ0n) is 18.1. The zero-order valence-corrected chi connectivity index (χ0v) is 18.1. The lowest BCUT2D eigenvalue weighted by molar-refractivity contribution is -0.124. The summed E-state index contributed by atoms with van der Waals surface area (Å²) in [4.78, 5) is 24.5. The fourth-order valence-electron chi connectivity index (χ4n) is 3.83.